The van der Waals surface area contributed by atoms with Crippen LogP contribution in [0.25, 0.3) is 0 Å². The molecule has 6 heteroatoms. The number of nitrogens with zero attached hydrogens (tertiary/aromatic N) is 1. The molecule has 0 aliphatic rings. The van der Waals surface area contributed by atoms with Crippen molar-refractivity contribution in [2.24, 2.45) is 10.8 Å². The van der Waals surface area contributed by atoms with E-state index in [1.165, 1.54) is 18.2 Å². The molecule has 0 heterocycles. The zero-order valence-electron chi connectivity index (χ0n) is 7.00. The van der Waals surface area contributed by atoms with Gasteiger partial charge < -0.3 is 5.73 Å². The molecule has 0 atom stereocenters. The summed E-state index contributed by atoms with van der Waals surface area (Å²) < 4.78 is 13.1. The maximum Gasteiger partial charge on any atom is 0.332 e. The normalized spacial score (nSPS) is 10.4. The first kappa shape index (κ1) is 10.5. The van der Waals surface area contributed by atoms with Crippen LogP contribution in [-0.2, 0) is 0 Å². The molecule has 1 rings (SSSR count). The fourth-order valence-electron chi connectivity index (χ4n) is 0.794. The second-order valence-corrected chi connectivity index (χ2v) is 2.78. The van der Waals surface area contributed by atoms with Crippen LogP contribution in [0.2, 0.25) is 5.02 Å². The van der Waals surface area contributed by atoms with Crippen LogP contribution in [0.1, 0.15) is 5.56 Å². The van der Waals surface area contributed by atoms with Crippen molar-refractivity contribution >= 4 is 23.8 Å². The molecular formula is C8H7ClFN3O. The molecule has 0 aliphatic carbocycles. The second-order valence-electron chi connectivity index (χ2n) is 2.37. The first-order chi connectivity index (χ1) is 6.61. The van der Waals surface area contributed by atoms with E-state index >= 15 is 0 Å². The van der Waals surface area contributed by atoms with Crippen molar-refractivity contribution in [2.45, 2.75) is 0 Å². The Hall–Kier alpha value is -1.62. The Morgan fingerprint density at radius 3 is 2.93 bits per heavy atom. The van der Waals surface area contributed by atoms with Gasteiger partial charge in [0.15, 0.2) is 0 Å². The molecule has 74 valence electrons. The number of nitrogens with one attached hydrogen (secondary N) is 1. The topological polar surface area (TPSA) is 67.5 Å². The van der Waals surface area contributed by atoms with E-state index in [1.807, 2.05) is 5.43 Å². The number of hydrogen-bond acceptors (Lipinski definition) is 2. The Kier molecular flexibility index (Phi) is 3.41. The molecule has 3 N–H and O–H groups in total. The van der Waals surface area contributed by atoms with Crippen LogP contribution in [0.5, 0.6) is 0 Å². The number of hydrogen-bond donors (Lipinski definition) is 2. The van der Waals surface area contributed by atoms with Gasteiger partial charge in [-0.1, -0.05) is 17.7 Å². The number of hydrazone groups is 1. The lowest BCUT2D eigenvalue weighted by Crippen LogP contribution is -2.24. The van der Waals surface area contributed by atoms with Gasteiger partial charge in [-0.25, -0.2) is 14.6 Å². The van der Waals surface area contributed by atoms with Gasteiger partial charge in [-0.3, -0.25) is 0 Å². The molecule has 0 unspecified atom stereocenters. The monoisotopic (exact) mass is 215 g/mol. The van der Waals surface area contributed by atoms with E-state index in [2.05, 4.69) is 5.10 Å². The van der Waals surface area contributed by atoms with Crippen LogP contribution < -0.4 is 11.2 Å². The van der Waals surface area contributed by atoms with E-state index in [0.29, 0.717) is 0 Å². The smallest absolute Gasteiger partial charge is 0.332 e. The summed E-state index contributed by atoms with van der Waals surface area (Å²) in [5, 5.41) is 3.60. The van der Waals surface area contributed by atoms with Crippen molar-refractivity contribution in [3.05, 3.63) is 34.6 Å². The summed E-state index contributed by atoms with van der Waals surface area (Å²) in [6, 6.07) is 3.39. The lowest BCUT2D eigenvalue weighted by Gasteiger charge is -1.98. The van der Waals surface area contributed by atoms with Gasteiger partial charge in [0, 0.05) is 5.56 Å². The molecule has 0 aromatic heterocycles. The van der Waals surface area contributed by atoms with Crippen molar-refractivity contribution in [1.82, 2.24) is 5.43 Å². The Labute approximate surface area is 84.5 Å². The molecule has 4 nitrogen and oxygen atoms in total. The highest BCUT2D eigenvalue weighted by Gasteiger charge is 2.03. The minimum Gasteiger partial charge on any atom is -0.350 e. The van der Waals surface area contributed by atoms with Crippen LogP contribution in [0.3, 0.4) is 0 Å². The molecule has 0 saturated carbocycles. The highest BCUT2D eigenvalue weighted by Crippen LogP contribution is 2.16. The van der Waals surface area contributed by atoms with Crippen molar-refractivity contribution in [3.8, 4) is 0 Å². The Morgan fingerprint density at radius 2 is 2.36 bits per heavy atom. The minimum absolute atomic E-state index is 0.0999. The predicted octanol–water partition coefficient (Wildman–Crippen LogP) is 1.48. The minimum atomic E-state index is -0.825. The molecule has 0 fully saturated rings. The van der Waals surface area contributed by atoms with Crippen molar-refractivity contribution in [2.75, 3.05) is 0 Å². The number of primary amides is 1. The molecule has 1 aromatic rings. The maximum absolute atomic E-state index is 13.1. The fourth-order valence-corrected chi connectivity index (χ4v) is 1.01. The standard InChI is InChI=1S/C8H7ClFN3O/c9-6-2-1-3-7(10)5(6)4-12-13-8(11)14/h1-4H,(H3,11,13,14)/b12-4-. The van der Waals surface area contributed by atoms with Gasteiger partial charge in [0.1, 0.15) is 5.82 Å². The molecule has 0 aliphatic heterocycles. The van der Waals surface area contributed by atoms with Gasteiger partial charge in [-0.15, -0.1) is 0 Å². The molecule has 14 heavy (non-hydrogen) atoms. The summed E-state index contributed by atoms with van der Waals surface area (Å²) >= 11 is 5.67. The van der Waals surface area contributed by atoms with Gasteiger partial charge in [-0.05, 0) is 12.1 Å². The SMILES string of the molecule is NC(=O)N/N=C\c1c(F)cccc1Cl. The number of benzene rings is 1. The molecule has 0 saturated heterocycles. The van der Waals surface area contributed by atoms with Gasteiger partial charge in [-0.2, -0.15) is 5.10 Å². The van der Waals surface area contributed by atoms with E-state index in [0.717, 1.165) is 6.21 Å². The second kappa shape index (κ2) is 4.57. The van der Waals surface area contributed by atoms with E-state index in [9.17, 15) is 9.18 Å². The van der Waals surface area contributed by atoms with Crippen LogP contribution in [-0.4, -0.2) is 12.2 Å². The molecule has 2 amide bonds. The average Bonchev–Trinajstić information content (AvgIpc) is 2.09. The van der Waals surface area contributed by atoms with Gasteiger partial charge in [0.25, 0.3) is 0 Å². The molecule has 0 spiro atoms. The third-order valence-electron chi connectivity index (χ3n) is 1.37. The van der Waals surface area contributed by atoms with Crippen molar-refractivity contribution in [3.63, 3.8) is 0 Å². The maximum atomic E-state index is 13.1. The summed E-state index contributed by atoms with van der Waals surface area (Å²) in [6.07, 6.45) is 1.09. The largest absolute Gasteiger partial charge is 0.350 e. The summed E-state index contributed by atoms with van der Waals surface area (Å²) in [4.78, 5) is 10.2. The highest BCUT2D eigenvalue weighted by molar-refractivity contribution is 6.33. The van der Waals surface area contributed by atoms with Crippen molar-refractivity contribution < 1.29 is 9.18 Å². The molecule has 1 aromatic carbocycles. The number of nitrogens with two attached hydrogens (primary N) is 1. The quantitative estimate of drug-likeness (QED) is 0.570. The van der Waals surface area contributed by atoms with Crippen LogP contribution in [0.15, 0.2) is 23.3 Å². The van der Waals surface area contributed by atoms with Gasteiger partial charge in [0.05, 0.1) is 11.2 Å². The molecule has 0 radical (unpaired) electrons. The number of amides is 2. The average molecular weight is 216 g/mol. The van der Waals surface area contributed by atoms with E-state index in [-0.39, 0.29) is 10.6 Å². The summed E-state index contributed by atoms with van der Waals surface area (Å²) in [7, 11) is 0. The van der Waals surface area contributed by atoms with E-state index in [4.69, 9.17) is 17.3 Å². The number of carbonyl (C=O) groups excluding carboxylic acids is 1. The van der Waals surface area contributed by atoms with Crippen LogP contribution in [0.4, 0.5) is 9.18 Å². The lowest BCUT2D eigenvalue weighted by molar-refractivity contribution is 0.249. The van der Waals surface area contributed by atoms with Gasteiger partial charge >= 0.3 is 6.03 Å². The summed E-state index contributed by atoms with van der Waals surface area (Å²) in [5.74, 6) is -0.521. The zero-order chi connectivity index (χ0) is 10.6. The first-order valence-corrected chi connectivity index (χ1v) is 4.01. The molecule has 0 bridgehead atoms. The first-order valence-electron chi connectivity index (χ1n) is 3.64. The highest BCUT2D eigenvalue weighted by atomic mass is 35.5. The third-order valence-corrected chi connectivity index (χ3v) is 1.70. The number of urea groups is 1. The summed E-state index contributed by atoms with van der Waals surface area (Å²) in [6.45, 7) is 0. The van der Waals surface area contributed by atoms with Crippen LogP contribution >= 0.6 is 11.6 Å². The summed E-state index contributed by atoms with van der Waals surface area (Å²) in [5.41, 5.74) is 6.77. The van der Waals surface area contributed by atoms with Gasteiger partial charge in [0.2, 0.25) is 0 Å². The van der Waals surface area contributed by atoms with E-state index in [1.54, 1.807) is 0 Å². The number of halogens is 2. The number of rotatable bonds is 2. The fraction of sp³-hybridized carbons (Fsp3) is 0. The third kappa shape index (κ3) is 2.70. The Balaban J connectivity index is 2.85. The van der Waals surface area contributed by atoms with E-state index < -0.39 is 11.8 Å². The van der Waals surface area contributed by atoms with Crippen LogP contribution in [0, 0.1) is 5.82 Å². The lowest BCUT2D eigenvalue weighted by atomic mass is 10.2. The number of carbonyl (C=O) groups is 1. The molecular weight excluding hydrogens is 209 g/mol. The Morgan fingerprint density at radius 1 is 1.64 bits per heavy atom. The van der Waals surface area contributed by atoms with Crippen molar-refractivity contribution in [1.29, 1.82) is 0 Å². The predicted molar refractivity (Wildman–Crippen MR) is 51.7 cm³/mol. The Bertz CT molecular complexity index is 361. The zero-order valence-corrected chi connectivity index (χ0v) is 7.75.